The van der Waals surface area contributed by atoms with Crippen LogP contribution in [0.3, 0.4) is 0 Å². The van der Waals surface area contributed by atoms with Crippen molar-refractivity contribution in [1.29, 1.82) is 0 Å². The molecular weight excluding hydrogens is 248 g/mol. The van der Waals surface area contributed by atoms with Crippen molar-refractivity contribution in [2.75, 3.05) is 24.5 Å². The quantitative estimate of drug-likeness (QED) is 0.894. The van der Waals surface area contributed by atoms with Gasteiger partial charge in [0.05, 0.1) is 0 Å². The zero-order valence-corrected chi connectivity index (χ0v) is 12.7. The topological polar surface area (TPSA) is 41.0 Å². The molecule has 0 bridgehead atoms. The number of hydrogen-bond acceptors (Lipinski definition) is 4. The summed E-state index contributed by atoms with van der Waals surface area (Å²) in [6, 6.07) is 2.93. The molecule has 4 nitrogen and oxygen atoms in total. The SMILES string of the molecule is CCc1cc(N(CC2CCNCC2)C2CC2)nc(C)n1. The van der Waals surface area contributed by atoms with Gasteiger partial charge in [-0.3, -0.25) is 0 Å². The van der Waals surface area contributed by atoms with E-state index in [1.807, 2.05) is 6.92 Å². The first-order valence-corrected chi connectivity index (χ1v) is 8.08. The smallest absolute Gasteiger partial charge is 0.132 e. The minimum atomic E-state index is 0.726. The van der Waals surface area contributed by atoms with Crippen LogP contribution in [0.1, 0.15) is 44.1 Å². The van der Waals surface area contributed by atoms with E-state index in [-0.39, 0.29) is 0 Å². The Labute approximate surface area is 122 Å². The van der Waals surface area contributed by atoms with Gasteiger partial charge in [-0.15, -0.1) is 0 Å². The summed E-state index contributed by atoms with van der Waals surface area (Å²) in [6.07, 6.45) is 6.25. The predicted molar refractivity (Wildman–Crippen MR) is 82.1 cm³/mol. The molecule has 0 aromatic carbocycles. The van der Waals surface area contributed by atoms with Gasteiger partial charge in [-0.1, -0.05) is 6.92 Å². The first-order valence-electron chi connectivity index (χ1n) is 8.08. The predicted octanol–water partition coefficient (Wildman–Crippen LogP) is 2.32. The zero-order valence-electron chi connectivity index (χ0n) is 12.7. The fourth-order valence-corrected chi connectivity index (χ4v) is 3.10. The number of nitrogens with zero attached hydrogens (tertiary/aromatic N) is 3. The second-order valence-electron chi connectivity index (χ2n) is 6.20. The van der Waals surface area contributed by atoms with Crippen molar-refractivity contribution in [3.05, 3.63) is 17.6 Å². The highest BCUT2D eigenvalue weighted by Crippen LogP contribution is 2.32. The van der Waals surface area contributed by atoms with Gasteiger partial charge in [0, 0.05) is 24.3 Å². The highest BCUT2D eigenvalue weighted by atomic mass is 15.2. The molecule has 2 heterocycles. The standard InChI is InChI=1S/C16H26N4/c1-3-14-10-16(19-12(2)18-14)20(15-4-5-15)11-13-6-8-17-9-7-13/h10,13,15,17H,3-9,11H2,1-2H3. The van der Waals surface area contributed by atoms with E-state index in [0.717, 1.165) is 30.0 Å². The molecule has 0 atom stereocenters. The Morgan fingerprint density at radius 3 is 2.60 bits per heavy atom. The molecule has 1 aliphatic carbocycles. The minimum absolute atomic E-state index is 0.726. The number of nitrogens with one attached hydrogen (secondary N) is 1. The second-order valence-corrected chi connectivity index (χ2v) is 6.20. The van der Waals surface area contributed by atoms with Gasteiger partial charge in [0.25, 0.3) is 0 Å². The maximum absolute atomic E-state index is 4.71. The van der Waals surface area contributed by atoms with E-state index in [2.05, 4.69) is 28.2 Å². The number of anilines is 1. The molecule has 1 N–H and O–H groups in total. The molecule has 1 saturated carbocycles. The number of aromatic nitrogens is 2. The first kappa shape index (κ1) is 13.8. The van der Waals surface area contributed by atoms with Crippen LogP contribution in [-0.2, 0) is 6.42 Å². The molecule has 0 amide bonds. The average molecular weight is 274 g/mol. The third kappa shape index (κ3) is 3.29. The Balaban J connectivity index is 1.77. The normalized spacial score (nSPS) is 20.1. The van der Waals surface area contributed by atoms with E-state index in [1.54, 1.807) is 0 Å². The largest absolute Gasteiger partial charge is 0.353 e. The van der Waals surface area contributed by atoms with E-state index in [0.29, 0.717) is 0 Å². The third-order valence-corrected chi connectivity index (χ3v) is 4.44. The number of aryl methyl sites for hydroxylation is 2. The molecule has 1 aromatic rings. The van der Waals surface area contributed by atoms with E-state index >= 15 is 0 Å². The van der Waals surface area contributed by atoms with Crippen LogP contribution in [0.5, 0.6) is 0 Å². The van der Waals surface area contributed by atoms with Crippen molar-refractivity contribution < 1.29 is 0 Å². The van der Waals surface area contributed by atoms with Crippen LogP contribution in [0.25, 0.3) is 0 Å². The molecule has 0 spiro atoms. The molecule has 2 fully saturated rings. The molecule has 1 aliphatic heterocycles. The van der Waals surface area contributed by atoms with Gasteiger partial charge in [0.1, 0.15) is 11.6 Å². The van der Waals surface area contributed by atoms with Crippen LogP contribution in [0.15, 0.2) is 6.07 Å². The van der Waals surface area contributed by atoms with Crippen LogP contribution >= 0.6 is 0 Å². The summed E-state index contributed by atoms with van der Waals surface area (Å²) in [5.41, 5.74) is 1.17. The second kappa shape index (κ2) is 6.08. The van der Waals surface area contributed by atoms with Crippen LogP contribution in [0, 0.1) is 12.8 Å². The molecule has 3 rings (SSSR count). The number of rotatable bonds is 5. The van der Waals surface area contributed by atoms with Gasteiger partial charge in [0.15, 0.2) is 0 Å². The highest BCUT2D eigenvalue weighted by molar-refractivity contribution is 5.43. The van der Waals surface area contributed by atoms with E-state index in [9.17, 15) is 0 Å². The molecule has 1 saturated heterocycles. The Hall–Kier alpha value is -1.16. The Bertz CT molecular complexity index is 450. The van der Waals surface area contributed by atoms with Gasteiger partial charge in [-0.2, -0.15) is 0 Å². The molecule has 2 aliphatic rings. The maximum Gasteiger partial charge on any atom is 0.132 e. The summed E-state index contributed by atoms with van der Waals surface area (Å²) in [5.74, 6) is 2.89. The number of piperidine rings is 1. The summed E-state index contributed by atoms with van der Waals surface area (Å²) in [5, 5.41) is 3.46. The van der Waals surface area contributed by atoms with Gasteiger partial charge in [-0.05, 0) is 58.0 Å². The third-order valence-electron chi connectivity index (χ3n) is 4.44. The van der Waals surface area contributed by atoms with Gasteiger partial charge in [0.2, 0.25) is 0 Å². The average Bonchev–Trinajstić information content (AvgIpc) is 3.29. The zero-order chi connectivity index (χ0) is 13.9. The van der Waals surface area contributed by atoms with Crippen molar-refractivity contribution in [3.8, 4) is 0 Å². The van der Waals surface area contributed by atoms with Crippen molar-refractivity contribution in [3.63, 3.8) is 0 Å². The lowest BCUT2D eigenvalue weighted by atomic mass is 9.97. The monoisotopic (exact) mass is 274 g/mol. The number of hydrogen-bond donors (Lipinski definition) is 1. The minimum Gasteiger partial charge on any atom is -0.353 e. The Morgan fingerprint density at radius 1 is 1.20 bits per heavy atom. The van der Waals surface area contributed by atoms with Crippen LogP contribution in [0.2, 0.25) is 0 Å². The van der Waals surface area contributed by atoms with Crippen LogP contribution in [0.4, 0.5) is 5.82 Å². The maximum atomic E-state index is 4.71. The highest BCUT2D eigenvalue weighted by Gasteiger charge is 2.32. The van der Waals surface area contributed by atoms with Crippen molar-refractivity contribution in [2.24, 2.45) is 5.92 Å². The molecule has 0 unspecified atom stereocenters. The lowest BCUT2D eigenvalue weighted by Crippen LogP contribution is -2.37. The first-order chi connectivity index (χ1) is 9.76. The van der Waals surface area contributed by atoms with Crippen LogP contribution < -0.4 is 10.2 Å². The summed E-state index contributed by atoms with van der Waals surface area (Å²) in [4.78, 5) is 11.8. The molecular formula is C16H26N4. The van der Waals surface area contributed by atoms with Crippen molar-refractivity contribution >= 4 is 5.82 Å². The lowest BCUT2D eigenvalue weighted by Gasteiger charge is -2.31. The van der Waals surface area contributed by atoms with Crippen LogP contribution in [-0.4, -0.2) is 35.6 Å². The summed E-state index contributed by atoms with van der Waals surface area (Å²) in [7, 11) is 0. The van der Waals surface area contributed by atoms with Gasteiger partial charge >= 0.3 is 0 Å². The fourth-order valence-electron chi connectivity index (χ4n) is 3.10. The Kier molecular flexibility index (Phi) is 4.20. The molecule has 110 valence electrons. The van der Waals surface area contributed by atoms with Gasteiger partial charge in [-0.25, -0.2) is 9.97 Å². The summed E-state index contributed by atoms with van der Waals surface area (Å²) < 4.78 is 0. The Morgan fingerprint density at radius 2 is 1.95 bits per heavy atom. The van der Waals surface area contributed by atoms with Crippen molar-refractivity contribution in [1.82, 2.24) is 15.3 Å². The lowest BCUT2D eigenvalue weighted by molar-refractivity contribution is 0.372. The molecule has 1 aromatic heterocycles. The van der Waals surface area contributed by atoms with E-state index in [1.165, 1.54) is 51.0 Å². The molecule has 4 heteroatoms. The van der Waals surface area contributed by atoms with E-state index < -0.39 is 0 Å². The van der Waals surface area contributed by atoms with E-state index in [4.69, 9.17) is 4.98 Å². The molecule has 0 radical (unpaired) electrons. The fraction of sp³-hybridized carbons (Fsp3) is 0.750. The summed E-state index contributed by atoms with van der Waals surface area (Å²) in [6.45, 7) is 7.70. The summed E-state index contributed by atoms with van der Waals surface area (Å²) >= 11 is 0. The van der Waals surface area contributed by atoms with Gasteiger partial charge < -0.3 is 10.2 Å². The van der Waals surface area contributed by atoms with Crippen molar-refractivity contribution in [2.45, 2.75) is 52.0 Å². The molecule has 20 heavy (non-hydrogen) atoms.